The smallest absolute Gasteiger partial charge is 0.225 e. The molecule has 1 saturated heterocycles. The van der Waals surface area contributed by atoms with E-state index in [1.165, 1.54) is 0 Å². The molecule has 2 rings (SSSR count). The number of carbonyl (C=O) groups is 1. The number of aryl methyl sites for hydroxylation is 1. The van der Waals surface area contributed by atoms with Crippen LogP contribution >= 0.6 is 0 Å². The van der Waals surface area contributed by atoms with E-state index in [4.69, 9.17) is 0 Å². The van der Waals surface area contributed by atoms with Crippen molar-refractivity contribution in [3.05, 3.63) is 12.2 Å². The van der Waals surface area contributed by atoms with Crippen molar-refractivity contribution in [2.24, 2.45) is 18.9 Å². The van der Waals surface area contributed by atoms with Gasteiger partial charge in [0.2, 0.25) is 5.91 Å². The van der Waals surface area contributed by atoms with Gasteiger partial charge in [-0.25, -0.2) is 0 Å². The monoisotopic (exact) mass is 223 g/mol. The summed E-state index contributed by atoms with van der Waals surface area (Å²) in [6.45, 7) is 4.22. The topological polar surface area (TPSA) is 71.8 Å². The van der Waals surface area contributed by atoms with Crippen molar-refractivity contribution in [2.75, 3.05) is 13.1 Å². The second-order valence-electron chi connectivity index (χ2n) is 4.32. The molecule has 2 atom stereocenters. The first-order valence-electron chi connectivity index (χ1n) is 5.50. The Labute approximate surface area is 94.4 Å². The Bertz CT molecular complexity index is 375. The van der Waals surface area contributed by atoms with Gasteiger partial charge in [0.1, 0.15) is 6.33 Å². The van der Waals surface area contributed by atoms with Crippen molar-refractivity contribution in [2.45, 2.75) is 13.5 Å². The van der Waals surface area contributed by atoms with Crippen molar-refractivity contribution in [1.82, 2.24) is 25.4 Å². The van der Waals surface area contributed by atoms with Crippen molar-refractivity contribution in [1.29, 1.82) is 0 Å². The lowest BCUT2D eigenvalue weighted by molar-refractivity contribution is -0.125. The van der Waals surface area contributed by atoms with Gasteiger partial charge in [-0.15, -0.1) is 10.2 Å². The summed E-state index contributed by atoms with van der Waals surface area (Å²) in [5, 5.41) is 13.8. The van der Waals surface area contributed by atoms with Crippen molar-refractivity contribution in [3.63, 3.8) is 0 Å². The lowest BCUT2D eigenvalue weighted by Gasteiger charge is -2.13. The van der Waals surface area contributed by atoms with Gasteiger partial charge in [0, 0.05) is 13.6 Å². The van der Waals surface area contributed by atoms with Gasteiger partial charge in [-0.1, -0.05) is 6.92 Å². The van der Waals surface area contributed by atoms with Gasteiger partial charge < -0.3 is 15.2 Å². The Balaban J connectivity index is 1.86. The minimum absolute atomic E-state index is 0.0771. The maximum absolute atomic E-state index is 11.9. The molecule has 0 spiro atoms. The van der Waals surface area contributed by atoms with Crippen molar-refractivity contribution >= 4 is 5.91 Å². The molecule has 1 amide bonds. The SMILES string of the molecule is C[C@@H]1CNC[C@H]1C(=O)NCc1nncn1C. The van der Waals surface area contributed by atoms with Gasteiger partial charge in [0.15, 0.2) is 5.82 Å². The van der Waals surface area contributed by atoms with E-state index in [0.29, 0.717) is 12.5 Å². The third-order valence-corrected chi connectivity index (χ3v) is 3.08. The maximum atomic E-state index is 11.9. The van der Waals surface area contributed by atoms with Crippen LogP contribution in [0.2, 0.25) is 0 Å². The fourth-order valence-corrected chi connectivity index (χ4v) is 1.93. The van der Waals surface area contributed by atoms with Crippen molar-refractivity contribution in [3.8, 4) is 0 Å². The van der Waals surface area contributed by atoms with Crippen LogP contribution in [0.5, 0.6) is 0 Å². The first-order chi connectivity index (χ1) is 7.68. The van der Waals surface area contributed by atoms with E-state index < -0.39 is 0 Å². The summed E-state index contributed by atoms with van der Waals surface area (Å²) in [7, 11) is 1.86. The first kappa shape index (κ1) is 11.1. The van der Waals surface area contributed by atoms with Crippen LogP contribution in [0.15, 0.2) is 6.33 Å². The fraction of sp³-hybridized carbons (Fsp3) is 0.700. The number of rotatable bonds is 3. The molecule has 1 aliphatic heterocycles. The average Bonchev–Trinajstić information content (AvgIpc) is 2.84. The average molecular weight is 223 g/mol. The summed E-state index contributed by atoms with van der Waals surface area (Å²) in [5.41, 5.74) is 0. The van der Waals surface area contributed by atoms with Crippen LogP contribution in [-0.4, -0.2) is 33.8 Å². The minimum atomic E-state index is 0.0771. The van der Waals surface area contributed by atoms with Crippen LogP contribution in [0.25, 0.3) is 0 Å². The number of carbonyl (C=O) groups excluding carboxylic acids is 1. The molecule has 1 aromatic rings. The zero-order valence-electron chi connectivity index (χ0n) is 9.60. The highest BCUT2D eigenvalue weighted by Crippen LogP contribution is 2.15. The molecule has 0 aliphatic carbocycles. The molecule has 0 unspecified atom stereocenters. The second kappa shape index (κ2) is 4.61. The zero-order chi connectivity index (χ0) is 11.5. The molecule has 6 heteroatoms. The highest BCUT2D eigenvalue weighted by molar-refractivity contribution is 5.79. The minimum Gasteiger partial charge on any atom is -0.349 e. The summed E-state index contributed by atoms with van der Waals surface area (Å²) >= 11 is 0. The lowest BCUT2D eigenvalue weighted by Crippen LogP contribution is -2.34. The molecule has 0 radical (unpaired) electrons. The van der Waals surface area contributed by atoms with E-state index in [1.807, 2.05) is 7.05 Å². The van der Waals surface area contributed by atoms with Crippen LogP contribution in [0.3, 0.4) is 0 Å². The second-order valence-corrected chi connectivity index (χ2v) is 4.32. The Morgan fingerprint density at radius 1 is 1.69 bits per heavy atom. The maximum Gasteiger partial charge on any atom is 0.225 e. The quantitative estimate of drug-likeness (QED) is 0.710. The number of nitrogens with zero attached hydrogens (tertiary/aromatic N) is 3. The highest BCUT2D eigenvalue weighted by Gasteiger charge is 2.29. The van der Waals surface area contributed by atoms with E-state index in [2.05, 4.69) is 27.8 Å². The number of hydrogen-bond acceptors (Lipinski definition) is 4. The van der Waals surface area contributed by atoms with E-state index in [1.54, 1.807) is 10.9 Å². The fourth-order valence-electron chi connectivity index (χ4n) is 1.93. The molecule has 0 bridgehead atoms. The molecule has 1 fully saturated rings. The first-order valence-corrected chi connectivity index (χ1v) is 5.50. The van der Waals surface area contributed by atoms with Gasteiger partial charge in [-0.05, 0) is 12.5 Å². The van der Waals surface area contributed by atoms with Gasteiger partial charge >= 0.3 is 0 Å². The molecular weight excluding hydrogens is 206 g/mol. The number of amides is 1. The Morgan fingerprint density at radius 3 is 3.06 bits per heavy atom. The summed E-state index contributed by atoms with van der Waals surface area (Å²) in [4.78, 5) is 11.9. The van der Waals surface area contributed by atoms with Crippen LogP contribution in [0.4, 0.5) is 0 Å². The number of aromatic nitrogens is 3. The third kappa shape index (κ3) is 2.21. The molecule has 2 N–H and O–H groups in total. The predicted octanol–water partition coefficient (Wildman–Crippen LogP) is -0.713. The third-order valence-electron chi connectivity index (χ3n) is 3.08. The molecule has 16 heavy (non-hydrogen) atoms. The Morgan fingerprint density at radius 2 is 2.50 bits per heavy atom. The van der Waals surface area contributed by atoms with E-state index in [9.17, 15) is 4.79 Å². The van der Waals surface area contributed by atoms with Crippen LogP contribution in [0.1, 0.15) is 12.7 Å². The largest absolute Gasteiger partial charge is 0.349 e. The molecule has 88 valence electrons. The summed E-state index contributed by atoms with van der Waals surface area (Å²) in [6, 6.07) is 0. The molecule has 0 saturated carbocycles. The normalized spacial score (nSPS) is 24.6. The Hall–Kier alpha value is -1.43. The van der Waals surface area contributed by atoms with Gasteiger partial charge in [0.25, 0.3) is 0 Å². The molecule has 2 heterocycles. The number of nitrogens with one attached hydrogen (secondary N) is 2. The zero-order valence-corrected chi connectivity index (χ0v) is 9.60. The molecular formula is C10H17N5O. The molecule has 1 aliphatic rings. The molecule has 6 nitrogen and oxygen atoms in total. The summed E-state index contributed by atoms with van der Waals surface area (Å²) in [6.07, 6.45) is 1.63. The van der Waals surface area contributed by atoms with Crippen molar-refractivity contribution < 1.29 is 4.79 Å². The number of hydrogen-bond donors (Lipinski definition) is 2. The van der Waals surface area contributed by atoms with E-state index >= 15 is 0 Å². The summed E-state index contributed by atoms with van der Waals surface area (Å²) in [5.74, 6) is 1.35. The van der Waals surface area contributed by atoms with Gasteiger partial charge in [0.05, 0.1) is 12.5 Å². The van der Waals surface area contributed by atoms with E-state index in [0.717, 1.165) is 18.9 Å². The lowest BCUT2D eigenvalue weighted by atomic mass is 9.97. The van der Waals surface area contributed by atoms with Gasteiger partial charge in [-0.3, -0.25) is 4.79 Å². The van der Waals surface area contributed by atoms with E-state index in [-0.39, 0.29) is 11.8 Å². The molecule has 0 aromatic carbocycles. The van der Waals surface area contributed by atoms with Crippen LogP contribution < -0.4 is 10.6 Å². The predicted molar refractivity (Wildman–Crippen MR) is 58.4 cm³/mol. The van der Waals surface area contributed by atoms with Gasteiger partial charge in [-0.2, -0.15) is 0 Å². The highest BCUT2D eigenvalue weighted by atomic mass is 16.1. The Kier molecular flexibility index (Phi) is 3.19. The summed E-state index contributed by atoms with van der Waals surface area (Å²) < 4.78 is 1.80. The van der Waals surface area contributed by atoms with Crippen LogP contribution in [-0.2, 0) is 18.4 Å². The molecule has 1 aromatic heterocycles. The van der Waals surface area contributed by atoms with Crippen LogP contribution in [0, 0.1) is 11.8 Å². The standard InChI is InChI=1S/C10H17N5O/c1-7-3-11-4-8(7)10(16)12-5-9-14-13-6-15(9)2/h6-8,11H,3-5H2,1-2H3,(H,12,16)/t7-,8-/m1/s1.